The number of benzene rings is 2. The molecule has 0 radical (unpaired) electrons. The second kappa shape index (κ2) is 10.1. The highest BCUT2D eigenvalue weighted by molar-refractivity contribution is 5.98. The first-order valence-electron chi connectivity index (χ1n) is 16.2. The fourth-order valence-electron chi connectivity index (χ4n) is 6.49. The molecule has 2 bridgehead atoms. The average Bonchev–Trinajstić information content (AvgIpc) is 3.50. The number of hydrogen-bond donors (Lipinski definition) is 1. The molecule has 4 aromatic rings. The van der Waals surface area contributed by atoms with Gasteiger partial charge in [0.2, 0.25) is 5.95 Å². The number of anilines is 1. The largest absolute Gasteiger partial charge is 0.444 e. The van der Waals surface area contributed by atoms with Crippen molar-refractivity contribution in [3.63, 3.8) is 0 Å². The van der Waals surface area contributed by atoms with E-state index in [9.17, 15) is 9.59 Å². The van der Waals surface area contributed by atoms with Gasteiger partial charge >= 0.3 is 6.09 Å². The lowest BCUT2D eigenvalue weighted by atomic mass is 9.93. The number of carbonyl (C=O) groups excluding carboxylic acids is 2. The van der Waals surface area contributed by atoms with Crippen molar-refractivity contribution in [2.24, 2.45) is 0 Å². The molecule has 4 atom stereocenters. The fraction of sp³-hybridized carbons (Fsp3) is 0.382. The summed E-state index contributed by atoms with van der Waals surface area (Å²) in [5.41, 5.74) is 4.42. The maximum Gasteiger partial charge on any atom is 0.408 e. The second-order valence-electron chi connectivity index (χ2n) is 12.5. The van der Waals surface area contributed by atoms with E-state index in [2.05, 4.69) is 31.7 Å². The number of ether oxygens (including phenoxy) is 1. The standard InChI is InChI=1S/C34H35N7O3/c1-7-9-20-10-8-11-23-29(20)27-15-28(39(6)31(23)42)30-37-24-13-12-21(14-26(24)41(27)30)22-16-35-32(36-17-22)40-18-25(19(40)2)38-33(43)44-34(3,4)5/h8,10-14,16-17,19,25,27-28H,15,18H2,1-6H3,(H,38,43)/t19-,25+,27+,28+/m0/s1/i6D3. The summed E-state index contributed by atoms with van der Waals surface area (Å²) in [5, 5.41) is 2.92. The lowest BCUT2D eigenvalue weighted by Gasteiger charge is -2.46. The molecule has 1 N–H and O–H groups in total. The molecule has 3 aliphatic heterocycles. The summed E-state index contributed by atoms with van der Waals surface area (Å²) in [6, 6.07) is 10.0. The van der Waals surface area contributed by atoms with Crippen LogP contribution >= 0.6 is 0 Å². The number of fused-ring (bicyclic) bond motifs is 9. The summed E-state index contributed by atoms with van der Waals surface area (Å²) in [5.74, 6) is 6.65. The van der Waals surface area contributed by atoms with Gasteiger partial charge in [0.25, 0.3) is 5.91 Å². The Morgan fingerprint density at radius 1 is 1.14 bits per heavy atom. The van der Waals surface area contributed by atoms with E-state index >= 15 is 0 Å². The van der Waals surface area contributed by atoms with Crippen molar-refractivity contribution >= 4 is 29.0 Å². The van der Waals surface area contributed by atoms with E-state index < -0.39 is 30.6 Å². The predicted molar refractivity (Wildman–Crippen MR) is 167 cm³/mol. The molecule has 0 saturated carbocycles. The zero-order chi connectivity index (χ0) is 33.4. The summed E-state index contributed by atoms with van der Waals surface area (Å²) in [6.45, 7) is 7.15. The highest BCUT2D eigenvalue weighted by Gasteiger charge is 2.44. The van der Waals surface area contributed by atoms with Crippen LogP contribution in [-0.4, -0.2) is 67.6 Å². The van der Waals surface area contributed by atoms with Gasteiger partial charge < -0.3 is 24.4 Å². The Hall–Kier alpha value is -4.91. The number of aromatic nitrogens is 4. The first-order valence-corrected chi connectivity index (χ1v) is 14.7. The van der Waals surface area contributed by atoms with E-state index in [1.165, 1.54) is 0 Å². The molecule has 3 aliphatic rings. The van der Waals surface area contributed by atoms with Gasteiger partial charge in [0, 0.05) is 58.7 Å². The minimum absolute atomic E-state index is 0.00551. The lowest BCUT2D eigenvalue weighted by Crippen LogP contribution is -2.66. The van der Waals surface area contributed by atoms with Crippen LogP contribution in [-0.2, 0) is 4.74 Å². The van der Waals surface area contributed by atoms with Crippen LogP contribution in [0.4, 0.5) is 10.7 Å². The average molecular weight is 593 g/mol. The van der Waals surface area contributed by atoms with Gasteiger partial charge in [0.1, 0.15) is 11.4 Å². The summed E-state index contributed by atoms with van der Waals surface area (Å²) in [7, 11) is 0. The molecule has 0 aliphatic carbocycles. The van der Waals surface area contributed by atoms with Gasteiger partial charge in [-0.3, -0.25) is 4.79 Å². The molecular weight excluding hydrogens is 554 g/mol. The zero-order valence-corrected chi connectivity index (χ0v) is 25.3. The topological polar surface area (TPSA) is 105 Å². The van der Waals surface area contributed by atoms with Gasteiger partial charge in [-0.05, 0) is 64.4 Å². The highest BCUT2D eigenvalue weighted by atomic mass is 16.6. The lowest BCUT2D eigenvalue weighted by molar-refractivity contribution is 0.0481. The van der Waals surface area contributed by atoms with E-state index in [0.29, 0.717) is 41.4 Å². The van der Waals surface area contributed by atoms with Crippen molar-refractivity contribution in [2.45, 2.75) is 70.8 Å². The molecule has 5 heterocycles. The number of alkyl carbamates (subject to hydrolysis) is 1. The Labute approximate surface area is 260 Å². The molecule has 44 heavy (non-hydrogen) atoms. The third kappa shape index (κ3) is 4.46. The molecule has 224 valence electrons. The number of rotatable bonds is 3. The van der Waals surface area contributed by atoms with Gasteiger partial charge in [-0.25, -0.2) is 19.7 Å². The Kier molecular flexibility index (Phi) is 5.62. The Balaban J connectivity index is 1.21. The van der Waals surface area contributed by atoms with Crippen molar-refractivity contribution in [2.75, 3.05) is 18.4 Å². The van der Waals surface area contributed by atoms with Gasteiger partial charge in [0.15, 0.2) is 0 Å². The van der Waals surface area contributed by atoms with Gasteiger partial charge in [0.05, 0.1) is 35.2 Å². The Morgan fingerprint density at radius 2 is 1.93 bits per heavy atom. The maximum absolute atomic E-state index is 13.8. The number of amides is 2. The molecule has 0 unspecified atom stereocenters. The number of hydrogen-bond acceptors (Lipinski definition) is 7. The van der Waals surface area contributed by atoms with E-state index in [4.69, 9.17) is 13.8 Å². The van der Waals surface area contributed by atoms with Crippen LogP contribution in [0.2, 0.25) is 0 Å². The van der Waals surface area contributed by atoms with Crippen molar-refractivity contribution in [1.82, 2.24) is 29.7 Å². The Bertz CT molecular complexity index is 1990. The smallest absolute Gasteiger partial charge is 0.408 e. The van der Waals surface area contributed by atoms with Crippen molar-refractivity contribution in [3.8, 4) is 23.0 Å². The maximum atomic E-state index is 13.8. The van der Waals surface area contributed by atoms with Crippen LogP contribution in [0.3, 0.4) is 0 Å². The monoisotopic (exact) mass is 592 g/mol. The summed E-state index contributed by atoms with van der Waals surface area (Å²) >= 11 is 0. The molecular formula is C34H35N7O3. The molecule has 10 nitrogen and oxygen atoms in total. The molecule has 2 amide bonds. The number of nitrogens with one attached hydrogen (secondary N) is 1. The third-order valence-electron chi connectivity index (χ3n) is 8.63. The Morgan fingerprint density at radius 3 is 2.64 bits per heavy atom. The van der Waals surface area contributed by atoms with Crippen LogP contribution in [0, 0.1) is 11.8 Å². The van der Waals surface area contributed by atoms with E-state index in [0.717, 1.165) is 27.1 Å². The van der Waals surface area contributed by atoms with E-state index in [-0.39, 0.29) is 18.1 Å². The van der Waals surface area contributed by atoms with Crippen molar-refractivity contribution < 1.29 is 18.4 Å². The summed E-state index contributed by atoms with van der Waals surface area (Å²) < 4.78 is 32.3. The first kappa shape index (κ1) is 24.5. The van der Waals surface area contributed by atoms with E-state index in [1.807, 2.05) is 56.9 Å². The fourth-order valence-corrected chi connectivity index (χ4v) is 6.49. The predicted octanol–water partition coefficient (Wildman–Crippen LogP) is 5.09. The molecule has 2 aromatic carbocycles. The van der Waals surface area contributed by atoms with Crippen LogP contribution in [0.5, 0.6) is 0 Å². The van der Waals surface area contributed by atoms with Crippen LogP contribution in [0.15, 0.2) is 48.8 Å². The van der Waals surface area contributed by atoms with E-state index in [1.54, 1.807) is 31.5 Å². The number of nitrogens with zero attached hydrogens (tertiary/aromatic N) is 6. The zero-order valence-electron chi connectivity index (χ0n) is 28.3. The van der Waals surface area contributed by atoms with Crippen LogP contribution < -0.4 is 10.2 Å². The number of carbonyl (C=O) groups is 2. The molecule has 0 spiro atoms. The quantitative estimate of drug-likeness (QED) is 0.331. The molecule has 7 rings (SSSR count). The molecule has 1 saturated heterocycles. The highest BCUT2D eigenvalue weighted by Crippen LogP contribution is 2.48. The van der Waals surface area contributed by atoms with Crippen molar-refractivity contribution in [3.05, 3.63) is 71.3 Å². The second-order valence-corrected chi connectivity index (χ2v) is 12.5. The minimum atomic E-state index is -2.66. The molecule has 1 fully saturated rings. The molecule has 10 heteroatoms. The molecule has 2 aromatic heterocycles. The number of imidazole rings is 1. The van der Waals surface area contributed by atoms with Crippen molar-refractivity contribution in [1.29, 1.82) is 0 Å². The summed E-state index contributed by atoms with van der Waals surface area (Å²) in [4.78, 5) is 43.2. The van der Waals surface area contributed by atoms with Gasteiger partial charge in [-0.15, -0.1) is 5.92 Å². The summed E-state index contributed by atoms with van der Waals surface area (Å²) in [6.07, 6.45) is 3.49. The minimum Gasteiger partial charge on any atom is -0.444 e. The van der Waals surface area contributed by atoms with Crippen LogP contribution in [0.25, 0.3) is 22.2 Å². The SMILES string of the molecule is [2H]C([2H])([2H])N1C(=O)c2cccc(C#CC)c2[C@H]2C[C@@H]1c1nc3ccc(-c4cnc(N5C[C@@H](NC(=O)OC(C)(C)C)[C@@H]5C)nc4)cc3n12. The normalized spacial score (nSPS) is 23.3. The van der Waals surface area contributed by atoms with Gasteiger partial charge in [-0.2, -0.15) is 0 Å². The first-order chi connectivity index (χ1) is 22.2. The third-order valence-corrected chi connectivity index (χ3v) is 8.63. The van der Waals surface area contributed by atoms with Crippen LogP contribution in [0.1, 0.15) is 84.5 Å². The van der Waals surface area contributed by atoms with Gasteiger partial charge in [-0.1, -0.05) is 18.1 Å².